The first-order valence-electron chi connectivity index (χ1n) is 30.6. The quantitative estimate of drug-likeness (QED) is 0.0287. The van der Waals surface area contributed by atoms with Gasteiger partial charge in [-0.3, -0.25) is 9.13 Å². The Morgan fingerprint density at radius 2 is 0.641 bits per heavy atom. The molecule has 0 aliphatic heterocycles. The molecule has 0 saturated heterocycles. The van der Waals surface area contributed by atoms with Gasteiger partial charge in [0, 0.05) is 0 Å². The molecule has 0 heterocycles. The van der Waals surface area contributed by atoms with Crippen molar-refractivity contribution in [1.82, 2.24) is 0 Å². The Kier molecular flexibility index (Phi) is 43.4. The largest absolute Gasteiger partial charge is 0.756 e. The van der Waals surface area contributed by atoms with Crippen molar-refractivity contribution in [3.8, 4) is 0 Å². The molecule has 2 aromatic carbocycles. The molecule has 14 nitrogen and oxygen atoms in total. The number of phosphoric ester groups is 2. The van der Waals surface area contributed by atoms with Gasteiger partial charge in [0.2, 0.25) is 0 Å². The molecule has 0 amide bonds. The Hall–Kier alpha value is -2.48. The average molecular weight is 1140 g/mol. The van der Waals surface area contributed by atoms with Gasteiger partial charge in [0.05, 0.1) is 73.2 Å². The van der Waals surface area contributed by atoms with Crippen LogP contribution in [-0.4, -0.2) is 114 Å². The number of hydrogen-bond donors (Lipinski definition) is 1. The highest BCUT2D eigenvalue weighted by atomic mass is 31.2. The van der Waals surface area contributed by atoms with Crippen LogP contribution in [0.4, 0.5) is 0 Å². The number of carboxylic acid groups (broad SMARTS) is 1. The Bertz CT molecular complexity index is 1850. The number of hydrogen-bond acceptors (Lipinski definition) is 11. The van der Waals surface area contributed by atoms with E-state index < -0.39 is 21.6 Å². The zero-order chi connectivity index (χ0) is 57.6. The van der Waals surface area contributed by atoms with Gasteiger partial charge in [0.25, 0.3) is 15.6 Å². The van der Waals surface area contributed by atoms with Gasteiger partial charge in [-0.25, -0.2) is 9.59 Å². The SMILES string of the molecule is CCOC(=O)c1ccc(CCCCCCCCCCCCCCCCCCOP(=O)([O-])OCC[N+](C)(C)C)cc1.C[N+](C)(C)CCOP(=O)([O-])OCCCCCCCCCCCCCCCCCCc1ccc(C(=O)O)cc1. The van der Waals surface area contributed by atoms with Crippen molar-refractivity contribution in [2.24, 2.45) is 0 Å². The molecule has 0 aliphatic carbocycles. The minimum Gasteiger partial charge on any atom is -0.756 e. The van der Waals surface area contributed by atoms with Gasteiger partial charge in [-0.05, 0) is 80.8 Å². The summed E-state index contributed by atoms with van der Waals surface area (Å²) < 4.78 is 49.5. The number of ether oxygens (including phenoxy) is 1. The van der Waals surface area contributed by atoms with E-state index in [1.807, 2.05) is 85.6 Å². The number of unbranched alkanes of at least 4 members (excludes halogenated alkanes) is 30. The van der Waals surface area contributed by atoms with E-state index >= 15 is 0 Å². The smallest absolute Gasteiger partial charge is 0.338 e. The van der Waals surface area contributed by atoms with Crippen molar-refractivity contribution >= 4 is 27.6 Å². The second kappa shape index (κ2) is 46.1. The molecule has 0 saturated carbocycles. The monoisotopic (exact) mass is 1140 g/mol. The zero-order valence-corrected chi connectivity index (χ0v) is 52.1. The zero-order valence-electron chi connectivity index (χ0n) is 50.3. The molecule has 452 valence electrons. The summed E-state index contributed by atoms with van der Waals surface area (Å²) in [7, 11) is 3.63. The first-order valence-corrected chi connectivity index (χ1v) is 33.5. The van der Waals surface area contributed by atoms with Crippen LogP contribution in [0.3, 0.4) is 0 Å². The molecule has 0 fully saturated rings. The normalized spacial score (nSPS) is 13.4. The molecule has 0 bridgehead atoms. The lowest BCUT2D eigenvalue weighted by Gasteiger charge is -2.27. The molecule has 0 aromatic heterocycles. The van der Waals surface area contributed by atoms with Crippen molar-refractivity contribution < 1.29 is 65.4 Å². The fourth-order valence-electron chi connectivity index (χ4n) is 8.93. The fourth-order valence-corrected chi connectivity index (χ4v) is 10.4. The summed E-state index contributed by atoms with van der Waals surface area (Å²) in [5.74, 6) is -1.10. The van der Waals surface area contributed by atoms with Crippen molar-refractivity contribution in [2.45, 2.75) is 225 Å². The molecular formula is C62H112N2O12P2. The second-order valence-electron chi connectivity index (χ2n) is 23.5. The van der Waals surface area contributed by atoms with Crippen molar-refractivity contribution in [2.75, 3.05) is 88.4 Å². The summed E-state index contributed by atoms with van der Waals surface area (Å²) in [6.45, 7) is 4.23. The van der Waals surface area contributed by atoms with Crippen LogP contribution in [-0.2, 0) is 44.8 Å². The number of esters is 1. The number of nitrogens with zero attached hydrogens (tertiary/aromatic N) is 2. The maximum atomic E-state index is 11.7. The Balaban J connectivity index is 0.000000781. The van der Waals surface area contributed by atoms with E-state index in [2.05, 4.69) is 0 Å². The number of benzene rings is 2. The number of aromatic carboxylic acids is 1. The summed E-state index contributed by atoms with van der Waals surface area (Å²) in [4.78, 5) is 46.0. The van der Waals surface area contributed by atoms with Crippen molar-refractivity contribution in [3.05, 3.63) is 70.8 Å². The third-order valence-corrected chi connectivity index (χ3v) is 15.9. The maximum absolute atomic E-state index is 11.7. The van der Waals surface area contributed by atoms with Crippen LogP contribution in [0.25, 0.3) is 0 Å². The molecule has 0 spiro atoms. The van der Waals surface area contributed by atoms with E-state index in [0.29, 0.717) is 39.8 Å². The Labute approximate surface area is 475 Å². The number of quaternary nitrogens is 2. The van der Waals surface area contributed by atoms with Crippen LogP contribution in [0, 0.1) is 0 Å². The topological polar surface area (TPSA) is 181 Å². The molecule has 2 atom stereocenters. The second-order valence-corrected chi connectivity index (χ2v) is 26.3. The fraction of sp³-hybridized carbons (Fsp3) is 0.774. The third kappa shape index (κ3) is 47.2. The molecule has 2 rings (SSSR count). The summed E-state index contributed by atoms with van der Waals surface area (Å²) in [5.41, 5.74) is 3.51. The summed E-state index contributed by atoms with van der Waals surface area (Å²) >= 11 is 0. The average Bonchev–Trinajstić information content (AvgIpc) is 3.37. The Morgan fingerprint density at radius 3 is 0.897 bits per heavy atom. The number of carbonyl (C=O) groups is 2. The number of carbonyl (C=O) groups excluding carboxylic acids is 1. The molecule has 1 N–H and O–H groups in total. The highest BCUT2D eigenvalue weighted by molar-refractivity contribution is 7.46. The van der Waals surface area contributed by atoms with Gasteiger partial charge in [-0.2, -0.15) is 0 Å². The predicted octanol–water partition coefficient (Wildman–Crippen LogP) is 15.2. The van der Waals surface area contributed by atoms with Crippen molar-refractivity contribution in [3.63, 3.8) is 0 Å². The molecule has 16 heteroatoms. The third-order valence-electron chi connectivity index (χ3n) is 13.9. The molecule has 78 heavy (non-hydrogen) atoms. The van der Waals surface area contributed by atoms with E-state index in [1.54, 1.807) is 12.1 Å². The lowest BCUT2D eigenvalue weighted by atomic mass is 10.0. The van der Waals surface area contributed by atoms with E-state index in [9.17, 15) is 28.5 Å². The number of aryl methyl sites for hydroxylation is 2. The molecule has 0 radical (unpaired) electrons. The molecule has 2 aromatic rings. The number of carboxylic acids is 1. The minimum absolute atomic E-state index is 0.154. The van der Waals surface area contributed by atoms with Gasteiger partial charge in [-0.1, -0.05) is 204 Å². The van der Waals surface area contributed by atoms with E-state index in [4.69, 9.17) is 27.9 Å². The number of likely N-dealkylation sites (N-methyl/N-ethyl adjacent to an activating group) is 2. The lowest BCUT2D eigenvalue weighted by Crippen LogP contribution is -2.37. The molecule has 0 aliphatic rings. The summed E-state index contributed by atoms with van der Waals surface area (Å²) in [5, 5.41) is 8.94. The van der Waals surface area contributed by atoms with Crippen LogP contribution in [0.2, 0.25) is 0 Å². The van der Waals surface area contributed by atoms with Crippen LogP contribution < -0.4 is 9.79 Å². The van der Waals surface area contributed by atoms with Gasteiger partial charge in [0.15, 0.2) is 0 Å². The van der Waals surface area contributed by atoms with Crippen molar-refractivity contribution in [1.29, 1.82) is 0 Å². The highest BCUT2D eigenvalue weighted by Crippen LogP contribution is 2.39. The van der Waals surface area contributed by atoms with E-state index in [-0.39, 0.29) is 32.4 Å². The van der Waals surface area contributed by atoms with Gasteiger partial charge in [-0.15, -0.1) is 0 Å². The number of rotatable bonds is 51. The number of phosphoric acid groups is 2. The lowest BCUT2D eigenvalue weighted by molar-refractivity contribution is -0.870. The van der Waals surface area contributed by atoms with Crippen LogP contribution in [0.1, 0.15) is 244 Å². The van der Waals surface area contributed by atoms with Gasteiger partial charge in [0.1, 0.15) is 26.3 Å². The summed E-state index contributed by atoms with van der Waals surface area (Å²) in [6, 6.07) is 15.1. The van der Waals surface area contributed by atoms with Gasteiger partial charge < -0.3 is 46.7 Å². The first-order chi connectivity index (χ1) is 37.2. The minimum atomic E-state index is -4.16. The van der Waals surface area contributed by atoms with Crippen LogP contribution >= 0.6 is 15.6 Å². The Morgan fingerprint density at radius 1 is 0.397 bits per heavy atom. The summed E-state index contributed by atoms with van der Waals surface area (Å²) in [6.07, 6.45) is 41.7. The van der Waals surface area contributed by atoms with E-state index in [1.165, 1.54) is 178 Å². The molecular weight excluding hydrogens is 1030 g/mol. The van der Waals surface area contributed by atoms with Crippen LogP contribution in [0.15, 0.2) is 48.5 Å². The van der Waals surface area contributed by atoms with Gasteiger partial charge >= 0.3 is 11.9 Å². The maximum Gasteiger partial charge on any atom is 0.338 e. The molecule has 2 unspecified atom stereocenters. The predicted molar refractivity (Wildman–Crippen MR) is 316 cm³/mol. The first kappa shape index (κ1) is 73.5. The highest BCUT2D eigenvalue weighted by Gasteiger charge is 2.15. The van der Waals surface area contributed by atoms with Crippen LogP contribution in [0.5, 0.6) is 0 Å². The van der Waals surface area contributed by atoms with E-state index in [0.717, 1.165) is 51.4 Å². The standard InChI is InChI=1S/C32H58NO6P.C30H54NO6P/c1-5-37-32(34)31-25-23-30(24-26-31)22-20-18-16-14-12-10-8-6-7-9-11-13-15-17-19-21-28-38-40(35,36)39-29-27-33(2,3)4;1-31(2,3)25-27-37-38(34,35)36-26-19-17-15-13-11-9-7-5-4-6-8-10-12-14-16-18-20-28-21-23-29(24-22-28)30(32)33/h23-26H,5-22,27-29H2,1-4H3;21-24H,4-20,25-27H2,1-3H3,(H-,32,33,34,35).